The number of hydrogen-bond acceptors (Lipinski definition) is 4. The molecule has 0 fully saturated rings. The summed E-state index contributed by atoms with van der Waals surface area (Å²) in [5.74, 6) is 0.598. The number of thioether (sulfide) groups is 1. The smallest absolute Gasteiger partial charge is 0.148 e. The van der Waals surface area contributed by atoms with Gasteiger partial charge in [0.1, 0.15) is 10.1 Å². The maximum absolute atomic E-state index is 10.7. The Hall–Kier alpha value is -0.130. The molecule has 0 saturated heterocycles. The summed E-state index contributed by atoms with van der Waals surface area (Å²) in [7, 11) is 0. The molecule has 1 N–H and O–H groups in total. The van der Waals surface area contributed by atoms with E-state index in [1.165, 1.54) is 11.8 Å². The number of hydrogen-bond donors (Lipinski definition) is 1. The fourth-order valence-electron chi connectivity index (χ4n) is 0.710. The lowest BCUT2D eigenvalue weighted by atomic mass is 10.5. The van der Waals surface area contributed by atoms with Crippen LogP contribution in [0.4, 0.5) is 0 Å². The number of ketones is 1. The molecule has 0 bridgehead atoms. The van der Waals surface area contributed by atoms with E-state index >= 15 is 0 Å². The third kappa shape index (κ3) is 6.98. The van der Waals surface area contributed by atoms with Gasteiger partial charge in [0.05, 0.1) is 5.75 Å². The number of thiocarbonyl (C=S) groups is 1. The van der Waals surface area contributed by atoms with E-state index in [9.17, 15) is 4.79 Å². The van der Waals surface area contributed by atoms with E-state index < -0.39 is 0 Å². The molecule has 76 valence electrons. The molecule has 0 aromatic carbocycles. The van der Waals surface area contributed by atoms with Gasteiger partial charge in [-0.15, -0.1) is 0 Å². The molecule has 0 aliphatic heterocycles. The van der Waals surface area contributed by atoms with Crippen LogP contribution in [0.3, 0.4) is 0 Å². The second kappa shape index (κ2) is 7.29. The number of nitrogens with one attached hydrogen (secondary N) is 1. The maximum Gasteiger partial charge on any atom is 0.148 e. The minimum atomic E-state index is 0.147. The molecule has 13 heavy (non-hydrogen) atoms. The summed E-state index contributed by atoms with van der Waals surface area (Å²) in [5, 5.41) is 2.00. The molecule has 0 amide bonds. The van der Waals surface area contributed by atoms with Gasteiger partial charge in [-0.1, -0.05) is 37.8 Å². The van der Waals surface area contributed by atoms with Gasteiger partial charge in [-0.05, 0) is 6.92 Å². The zero-order valence-corrected chi connectivity index (χ0v) is 9.93. The highest BCUT2D eigenvalue weighted by Crippen LogP contribution is 2.02. The van der Waals surface area contributed by atoms with Crippen LogP contribution in [0.25, 0.3) is 0 Å². The van der Waals surface area contributed by atoms with Gasteiger partial charge in [-0.25, -0.2) is 5.01 Å². The van der Waals surface area contributed by atoms with Crippen molar-refractivity contribution in [2.75, 3.05) is 18.8 Å². The molecule has 0 atom stereocenters. The van der Waals surface area contributed by atoms with Crippen molar-refractivity contribution in [3.63, 3.8) is 0 Å². The van der Waals surface area contributed by atoms with Crippen molar-refractivity contribution in [3.05, 3.63) is 0 Å². The minimum absolute atomic E-state index is 0.147. The molecule has 0 heterocycles. The standard InChI is InChI=1S/C8H16N2OS2/c1-4-10(5-2)9-8(12)13-6-7(3)11/h4-6H2,1-3H3,(H,9,12). The zero-order valence-electron chi connectivity index (χ0n) is 8.29. The fourth-order valence-corrected chi connectivity index (χ4v) is 1.54. The summed E-state index contributed by atoms with van der Waals surface area (Å²) in [6.07, 6.45) is 0. The van der Waals surface area contributed by atoms with E-state index in [4.69, 9.17) is 12.2 Å². The Morgan fingerprint density at radius 2 is 2.00 bits per heavy atom. The van der Waals surface area contributed by atoms with Crippen LogP contribution in [-0.4, -0.2) is 34.0 Å². The summed E-state index contributed by atoms with van der Waals surface area (Å²) < 4.78 is 0.666. The SMILES string of the molecule is CCN(CC)NC(=S)SCC(C)=O. The quantitative estimate of drug-likeness (QED) is 0.560. The molecule has 0 saturated carbocycles. The van der Waals surface area contributed by atoms with E-state index in [0.29, 0.717) is 10.1 Å². The second-order valence-electron chi connectivity index (χ2n) is 2.56. The number of nitrogens with zero attached hydrogens (tertiary/aromatic N) is 1. The van der Waals surface area contributed by atoms with Gasteiger partial charge in [0.2, 0.25) is 0 Å². The molecule has 0 aliphatic carbocycles. The average molecular weight is 220 g/mol. The highest BCUT2D eigenvalue weighted by molar-refractivity contribution is 8.23. The topological polar surface area (TPSA) is 32.3 Å². The third-order valence-corrected chi connectivity index (χ3v) is 2.77. The third-order valence-electron chi connectivity index (χ3n) is 1.42. The Balaban J connectivity index is 3.66. The molecule has 0 rings (SSSR count). The first-order valence-corrected chi connectivity index (χ1v) is 5.67. The molecule has 0 unspecified atom stereocenters. The Labute approximate surface area is 89.2 Å². The van der Waals surface area contributed by atoms with Crippen molar-refractivity contribution in [1.29, 1.82) is 0 Å². The highest BCUT2D eigenvalue weighted by atomic mass is 32.2. The van der Waals surface area contributed by atoms with Crippen LogP contribution < -0.4 is 5.43 Å². The van der Waals surface area contributed by atoms with E-state index in [1.807, 2.05) is 5.01 Å². The monoisotopic (exact) mass is 220 g/mol. The van der Waals surface area contributed by atoms with E-state index in [1.54, 1.807) is 6.92 Å². The first kappa shape index (κ1) is 12.9. The van der Waals surface area contributed by atoms with Crippen LogP contribution in [0.2, 0.25) is 0 Å². The lowest BCUT2D eigenvalue weighted by molar-refractivity contribution is -0.114. The van der Waals surface area contributed by atoms with E-state index in [0.717, 1.165) is 13.1 Å². The van der Waals surface area contributed by atoms with Crippen LogP contribution in [0.1, 0.15) is 20.8 Å². The zero-order chi connectivity index (χ0) is 10.3. The fraction of sp³-hybridized carbons (Fsp3) is 0.750. The first-order chi connectivity index (χ1) is 6.10. The van der Waals surface area contributed by atoms with Gasteiger partial charge in [-0.2, -0.15) is 0 Å². The summed E-state index contributed by atoms with van der Waals surface area (Å²) in [4.78, 5) is 10.7. The normalized spacial score (nSPS) is 10.2. The Morgan fingerprint density at radius 3 is 2.38 bits per heavy atom. The van der Waals surface area contributed by atoms with Crippen molar-refractivity contribution >= 4 is 34.1 Å². The lowest BCUT2D eigenvalue weighted by Crippen LogP contribution is -2.40. The number of carbonyl (C=O) groups excluding carboxylic acids is 1. The van der Waals surface area contributed by atoms with Crippen molar-refractivity contribution in [3.8, 4) is 0 Å². The lowest BCUT2D eigenvalue weighted by Gasteiger charge is -2.20. The number of hydrazine groups is 1. The molecule has 0 aromatic rings. The number of carbonyl (C=O) groups is 1. The largest absolute Gasteiger partial charge is 0.304 e. The van der Waals surface area contributed by atoms with Gasteiger partial charge < -0.3 is 5.43 Å². The average Bonchev–Trinajstić information content (AvgIpc) is 2.10. The Kier molecular flexibility index (Phi) is 7.22. The van der Waals surface area contributed by atoms with Crippen molar-refractivity contribution in [2.24, 2.45) is 0 Å². The molecular formula is C8H16N2OS2. The van der Waals surface area contributed by atoms with E-state index in [2.05, 4.69) is 19.3 Å². The molecule has 5 heteroatoms. The van der Waals surface area contributed by atoms with Crippen LogP contribution in [0.5, 0.6) is 0 Å². The van der Waals surface area contributed by atoms with Crippen LogP contribution >= 0.6 is 24.0 Å². The van der Waals surface area contributed by atoms with Gasteiger partial charge in [0.15, 0.2) is 0 Å². The van der Waals surface area contributed by atoms with Gasteiger partial charge in [-0.3, -0.25) is 4.79 Å². The highest BCUT2D eigenvalue weighted by Gasteiger charge is 2.03. The van der Waals surface area contributed by atoms with Gasteiger partial charge in [0, 0.05) is 13.1 Å². The summed E-state index contributed by atoms with van der Waals surface area (Å²) >= 11 is 6.41. The van der Waals surface area contributed by atoms with Crippen molar-refractivity contribution in [2.45, 2.75) is 20.8 Å². The molecule has 3 nitrogen and oxygen atoms in total. The molecule has 0 spiro atoms. The maximum atomic E-state index is 10.7. The predicted molar refractivity (Wildman–Crippen MR) is 61.8 cm³/mol. The Morgan fingerprint density at radius 1 is 1.46 bits per heavy atom. The predicted octanol–water partition coefficient (Wildman–Crippen LogP) is 1.44. The second-order valence-corrected chi connectivity index (χ2v) is 4.21. The van der Waals surface area contributed by atoms with Crippen molar-refractivity contribution < 1.29 is 4.79 Å². The Bertz CT molecular complexity index is 181. The summed E-state index contributed by atoms with van der Waals surface area (Å²) in [5.41, 5.74) is 3.05. The van der Waals surface area contributed by atoms with Gasteiger partial charge in [0.25, 0.3) is 0 Å². The minimum Gasteiger partial charge on any atom is -0.304 e. The molecule has 0 aliphatic rings. The number of Topliss-reactive ketones (excluding diaryl/α,β-unsaturated/α-hetero) is 1. The number of rotatable bonds is 5. The molecular weight excluding hydrogens is 204 g/mol. The summed E-state index contributed by atoms with van der Waals surface area (Å²) in [6.45, 7) is 7.46. The van der Waals surface area contributed by atoms with Crippen molar-refractivity contribution in [1.82, 2.24) is 10.4 Å². The summed E-state index contributed by atoms with van der Waals surface area (Å²) in [6, 6.07) is 0. The van der Waals surface area contributed by atoms with Crippen LogP contribution in [-0.2, 0) is 4.79 Å². The molecule has 0 radical (unpaired) electrons. The van der Waals surface area contributed by atoms with Gasteiger partial charge >= 0.3 is 0 Å². The van der Waals surface area contributed by atoms with Crippen LogP contribution in [0.15, 0.2) is 0 Å². The first-order valence-electron chi connectivity index (χ1n) is 4.27. The van der Waals surface area contributed by atoms with E-state index in [-0.39, 0.29) is 5.78 Å². The van der Waals surface area contributed by atoms with Crippen LogP contribution in [0, 0.1) is 0 Å². The molecule has 0 aromatic heterocycles.